The molecule has 7 heteroatoms. The van der Waals surface area contributed by atoms with Crippen molar-refractivity contribution in [3.05, 3.63) is 53.9 Å². The van der Waals surface area contributed by atoms with Crippen molar-refractivity contribution >= 4 is 16.1 Å². The summed E-state index contributed by atoms with van der Waals surface area (Å²) in [5.41, 5.74) is 0.979. The van der Waals surface area contributed by atoms with Gasteiger partial charge in [-0.05, 0) is 64.8 Å². The number of benzene rings is 1. The number of carbonyl (C=O) groups is 1. The number of likely N-dealkylation sites (tertiary alicyclic amines) is 1. The number of rotatable bonds is 3. The second kappa shape index (κ2) is 7.03. The van der Waals surface area contributed by atoms with Gasteiger partial charge in [-0.15, -0.1) is 0 Å². The summed E-state index contributed by atoms with van der Waals surface area (Å²) in [7, 11) is -3.73. The predicted octanol–water partition coefficient (Wildman–Crippen LogP) is 4.11. The molecule has 1 amide bonds. The molecule has 1 aromatic heterocycles. The van der Waals surface area contributed by atoms with Crippen LogP contribution in [-0.2, 0) is 14.8 Å². The Morgan fingerprint density at radius 3 is 2.44 bits per heavy atom. The van der Waals surface area contributed by atoms with E-state index in [1.54, 1.807) is 41.3 Å². The van der Waals surface area contributed by atoms with Crippen LogP contribution in [0, 0.1) is 6.92 Å². The number of hydrogen-bond donors (Lipinski definition) is 0. The molecule has 6 nitrogen and oxygen atoms in total. The van der Waals surface area contributed by atoms with Gasteiger partial charge in [0.2, 0.25) is 0 Å². The molecule has 27 heavy (non-hydrogen) atoms. The molecule has 2 heterocycles. The number of aromatic nitrogens is 1. The van der Waals surface area contributed by atoms with Crippen LogP contribution in [0.4, 0.5) is 4.79 Å². The van der Waals surface area contributed by atoms with Gasteiger partial charge in [-0.25, -0.2) is 17.2 Å². The zero-order valence-electron chi connectivity index (χ0n) is 16.2. The molecular formula is C20H26N2O4S. The summed E-state index contributed by atoms with van der Waals surface area (Å²) >= 11 is 0. The SMILES string of the molecule is Cc1ccc(S(=O)(=O)n2cccc2[C@H]2CCCN2C(=O)OC(C)(C)C)cc1. The summed E-state index contributed by atoms with van der Waals surface area (Å²) in [5, 5.41) is 0. The third-order valence-electron chi connectivity index (χ3n) is 4.54. The van der Waals surface area contributed by atoms with Gasteiger partial charge in [0.1, 0.15) is 5.60 Å². The average molecular weight is 391 g/mol. The first kappa shape index (κ1) is 19.5. The molecule has 2 aromatic rings. The van der Waals surface area contributed by atoms with Crippen LogP contribution in [0.2, 0.25) is 0 Å². The topological polar surface area (TPSA) is 68.6 Å². The number of amides is 1. The van der Waals surface area contributed by atoms with Crippen LogP contribution in [-0.4, -0.2) is 35.5 Å². The monoisotopic (exact) mass is 390 g/mol. The van der Waals surface area contributed by atoms with Crippen LogP contribution in [0.3, 0.4) is 0 Å². The van der Waals surface area contributed by atoms with Gasteiger partial charge in [-0.2, -0.15) is 0 Å². The van der Waals surface area contributed by atoms with Crippen LogP contribution in [0.5, 0.6) is 0 Å². The Morgan fingerprint density at radius 2 is 1.81 bits per heavy atom. The fourth-order valence-corrected chi connectivity index (χ4v) is 4.69. The lowest BCUT2D eigenvalue weighted by atomic mass is 10.1. The van der Waals surface area contributed by atoms with Crippen molar-refractivity contribution in [2.75, 3.05) is 6.54 Å². The first-order valence-electron chi connectivity index (χ1n) is 9.09. The van der Waals surface area contributed by atoms with E-state index >= 15 is 0 Å². The Balaban J connectivity index is 1.94. The predicted molar refractivity (Wildman–Crippen MR) is 103 cm³/mol. The molecule has 1 aromatic carbocycles. The van der Waals surface area contributed by atoms with E-state index in [0.29, 0.717) is 18.7 Å². The number of nitrogens with zero attached hydrogens (tertiary/aromatic N) is 2. The van der Waals surface area contributed by atoms with E-state index in [9.17, 15) is 13.2 Å². The molecule has 1 atom stereocenters. The molecule has 0 spiro atoms. The van der Waals surface area contributed by atoms with E-state index < -0.39 is 21.7 Å². The number of ether oxygens (including phenoxy) is 1. The lowest BCUT2D eigenvalue weighted by Crippen LogP contribution is -2.37. The minimum Gasteiger partial charge on any atom is -0.444 e. The zero-order chi connectivity index (χ0) is 19.8. The van der Waals surface area contributed by atoms with Gasteiger partial charge in [0.05, 0.1) is 16.6 Å². The quantitative estimate of drug-likeness (QED) is 0.791. The molecule has 0 saturated carbocycles. The summed E-state index contributed by atoms with van der Waals surface area (Å²) in [5.74, 6) is 0. The Kier molecular flexibility index (Phi) is 5.08. The van der Waals surface area contributed by atoms with Gasteiger partial charge in [0, 0.05) is 12.7 Å². The fraction of sp³-hybridized carbons (Fsp3) is 0.450. The van der Waals surface area contributed by atoms with Crippen LogP contribution < -0.4 is 0 Å². The van der Waals surface area contributed by atoms with E-state index in [0.717, 1.165) is 12.0 Å². The highest BCUT2D eigenvalue weighted by atomic mass is 32.2. The third-order valence-corrected chi connectivity index (χ3v) is 6.26. The molecule has 0 aliphatic carbocycles. The maximum Gasteiger partial charge on any atom is 0.410 e. The van der Waals surface area contributed by atoms with Crippen molar-refractivity contribution in [2.24, 2.45) is 0 Å². The standard InChI is InChI=1S/C20H26N2O4S/c1-15-9-11-16(12-10-15)27(24,25)22-14-6-8-18(22)17-7-5-13-21(17)19(23)26-20(2,3)4/h6,8-12,14,17H,5,7,13H2,1-4H3/t17-/m1/s1. The Morgan fingerprint density at radius 1 is 1.15 bits per heavy atom. The highest BCUT2D eigenvalue weighted by Crippen LogP contribution is 2.34. The molecule has 1 aliphatic heterocycles. The fourth-order valence-electron chi connectivity index (χ4n) is 3.29. The van der Waals surface area contributed by atoms with Gasteiger partial charge in [-0.1, -0.05) is 17.7 Å². The van der Waals surface area contributed by atoms with Gasteiger partial charge in [0.25, 0.3) is 10.0 Å². The molecule has 0 bridgehead atoms. The van der Waals surface area contributed by atoms with Crippen molar-refractivity contribution in [3.8, 4) is 0 Å². The van der Waals surface area contributed by atoms with Crippen LogP contribution in [0.1, 0.15) is 50.9 Å². The van der Waals surface area contributed by atoms with E-state index in [1.165, 1.54) is 10.2 Å². The van der Waals surface area contributed by atoms with Crippen molar-refractivity contribution < 1.29 is 17.9 Å². The van der Waals surface area contributed by atoms with Crippen LogP contribution >= 0.6 is 0 Å². The summed E-state index contributed by atoms with van der Waals surface area (Å²) in [4.78, 5) is 14.4. The van der Waals surface area contributed by atoms with E-state index in [1.807, 2.05) is 27.7 Å². The zero-order valence-corrected chi connectivity index (χ0v) is 17.0. The smallest absolute Gasteiger partial charge is 0.410 e. The van der Waals surface area contributed by atoms with Crippen molar-refractivity contribution in [3.63, 3.8) is 0 Å². The highest BCUT2D eigenvalue weighted by molar-refractivity contribution is 7.90. The van der Waals surface area contributed by atoms with Gasteiger partial charge in [0.15, 0.2) is 0 Å². The van der Waals surface area contributed by atoms with Gasteiger partial charge < -0.3 is 4.74 Å². The number of carbonyl (C=O) groups excluding carboxylic acids is 1. The van der Waals surface area contributed by atoms with Crippen molar-refractivity contribution in [2.45, 2.75) is 57.1 Å². The molecule has 3 rings (SSSR count). The van der Waals surface area contributed by atoms with E-state index in [-0.39, 0.29) is 10.9 Å². The molecule has 1 fully saturated rings. The minimum atomic E-state index is -3.73. The second-order valence-corrected chi connectivity index (χ2v) is 9.69. The lowest BCUT2D eigenvalue weighted by Gasteiger charge is -2.29. The maximum atomic E-state index is 13.1. The Hall–Kier alpha value is -2.28. The second-order valence-electron chi connectivity index (χ2n) is 7.88. The normalized spacial score (nSPS) is 17.9. The Labute approximate surface area is 160 Å². The molecular weight excluding hydrogens is 364 g/mol. The largest absolute Gasteiger partial charge is 0.444 e. The van der Waals surface area contributed by atoms with Crippen LogP contribution in [0.15, 0.2) is 47.5 Å². The van der Waals surface area contributed by atoms with Crippen molar-refractivity contribution in [1.82, 2.24) is 8.87 Å². The highest BCUT2D eigenvalue weighted by Gasteiger charge is 2.36. The first-order valence-corrected chi connectivity index (χ1v) is 10.5. The molecule has 0 N–H and O–H groups in total. The molecule has 1 saturated heterocycles. The summed E-state index contributed by atoms with van der Waals surface area (Å²) < 4.78 is 33.0. The average Bonchev–Trinajstić information content (AvgIpc) is 3.22. The summed E-state index contributed by atoms with van der Waals surface area (Å²) in [6, 6.07) is 9.90. The van der Waals surface area contributed by atoms with Crippen molar-refractivity contribution in [1.29, 1.82) is 0 Å². The molecule has 0 unspecified atom stereocenters. The van der Waals surface area contributed by atoms with E-state index in [4.69, 9.17) is 4.74 Å². The lowest BCUT2D eigenvalue weighted by molar-refractivity contribution is 0.0221. The summed E-state index contributed by atoms with van der Waals surface area (Å²) in [6.45, 7) is 7.92. The third kappa shape index (κ3) is 4.03. The van der Waals surface area contributed by atoms with Gasteiger partial charge >= 0.3 is 6.09 Å². The van der Waals surface area contributed by atoms with E-state index in [2.05, 4.69) is 0 Å². The molecule has 0 radical (unpaired) electrons. The first-order chi connectivity index (χ1) is 12.6. The van der Waals surface area contributed by atoms with Gasteiger partial charge in [-0.3, -0.25) is 4.90 Å². The molecule has 146 valence electrons. The number of aryl methyl sites for hydroxylation is 1. The minimum absolute atomic E-state index is 0.229. The number of hydrogen-bond acceptors (Lipinski definition) is 4. The van der Waals surface area contributed by atoms with Crippen LogP contribution in [0.25, 0.3) is 0 Å². The maximum absolute atomic E-state index is 13.1. The molecule has 1 aliphatic rings. The Bertz CT molecular complexity index is 924. The summed E-state index contributed by atoms with van der Waals surface area (Å²) in [6.07, 6.45) is 2.63.